The Balaban J connectivity index is 2.86. The van der Waals surface area contributed by atoms with Crippen molar-refractivity contribution in [2.24, 2.45) is 11.7 Å². The zero-order valence-corrected chi connectivity index (χ0v) is 9.09. The van der Waals surface area contributed by atoms with Gasteiger partial charge in [-0.1, -0.05) is 37.3 Å². The SMILES string of the molecule is CC(C(=O)C(CN)C(=O)O)c1ccccc1. The van der Waals surface area contributed by atoms with Gasteiger partial charge in [-0.15, -0.1) is 0 Å². The lowest BCUT2D eigenvalue weighted by atomic mass is 9.89. The van der Waals surface area contributed by atoms with Gasteiger partial charge in [0, 0.05) is 12.5 Å². The molecule has 0 fully saturated rings. The van der Waals surface area contributed by atoms with Crippen molar-refractivity contribution < 1.29 is 14.7 Å². The molecule has 0 aliphatic carbocycles. The summed E-state index contributed by atoms with van der Waals surface area (Å²) < 4.78 is 0. The second-order valence-electron chi connectivity index (χ2n) is 3.66. The van der Waals surface area contributed by atoms with Gasteiger partial charge < -0.3 is 10.8 Å². The van der Waals surface area contributed by atoms with Gasteiger partial charge in [-0.25, -0.2) is 0 Å². The minimum absolute atomic E-state index is 0.161. The van der Waals surface area contributed by atoms with E-state index in [-0.39, 0.29) is 12.3 Å². The van der Waals surface area contributed by atoms with Gasteiger partial charge in [0.2, 0.25) is 0 Å². The van der Waals surface area contributed by atoms with Crippen molar-refractivity contribution in [2.75, 3.05) is 6.54 Å². The number of hydrogen-bond acceptors (Lipinski definition) is 3. The summed E-state index contributed by atoms with van der Waals surface area (Å²) >= 11 is 0. The van der Waals surface area contributed by atoms with Crippen molar-refractivity contribution in [1.82, 2.24) is 0 Å². The lowest BCUT2D eigenvalue weighted by molar-refractivity contribution is -0.146. The molecule has 0 heterocycles. The number of hydrogen-bond donors (Lipinski definition) is 2. The van der Waals surface area contributed by atoms with E-state index < -0.39 is 17.8 Å². The molecule has 1 aromatic rings. The maximum atomic E-state index is 11.9. The average molecular weight is 221 g/mol. The Morgan fingerprint density at radius 3 is 2.31 bits per heavy atom. The lowest BCUT2D eigenvalue weighted by Crippen LogP contribution is -2.33. The second-order valence-corrected chi connectivity index (χ2v) is 3.66. The highest BCUT2D eigenvalue weighted by molar-refractivity contribution is 6.01. The van der Waals surface area contributed by atoms with Crippen molar-refractivity contribution in [3.8, 4) is 0 Å². The third-order valence-corrected chi connectivity index (χ3v) is 2.60. The van der Waals surface area contributed by atoms with Gasteiger partial charge in [0.1, 0.15) is 5.92 Å². The third kappa shape index (κ3) is 2.67. The fraction of sp³-hybridized carbons (Fsp3) is 0.333. The smallest absolute Gasteiger partial charge is 0.315 e. The van der Waals surface area contributed by atoms with Crippen LogP contribution < -0.4 is 5.73 Å². The van der Waals surface area contributed by atoms with Crippen molar-refractivity contribution in [3.05, 3.63) is 35.9 Å². The largest absolute Gasteiger partial charge is 0.481 e. The predicted molar refractivity (Wildman–Crippen MR) is 60.0 cm³/mol. The molecule has 0 aliphatic rings. The molecule has 16 heavy (non-hydrogen) atoms. The van der Waals surface area contributed by atoms with Crippen LogP contribution in [-0.2, 0) is 9.59 Å². The summed E-state index contributed by atoms with van der Waals surface area (Å²) in [5.41, 5.74) is 6.10. The van der Waals surface area contributed by atoms with Crippen LogP contribution in [-0.4, -0.2) is 23.4 Å². The highest BCUT2D eigenvalue weighted by Crippen LogP contribution is 2.19. The predicted octanol–water partition coefficient (Wildman–Crippen LogP) is 1.02. The minimum atomic E-state index is -1.16. The number of Topliss-reactive ketones (excluding diaryl/α,β-unsaturated/α-hetero) is 1. The van der Waals surface area contributed by atoms with Crippen LogP contribution in [0.1, 0.15) is 18.4 Å². The summed E-state index contributed by atoms with van der Waals surface area (Å²) in [5.74, 6) is -3.06. The van der Waals surface area contributed by atoms with Crippen LogP contribution in [0, 0.1) is 5.92 Å². The summed E-state index contributed by atoms with van der Waals surface area (Å²) in [6.45, 7) is 1.54. The number of carboxylic acid groups (broad SMARTS) is 1. The van der Waals surface area contributed by atoms with E-state index in [1.165, 1.54) is 0 Å². The van der Waals surface area contributed by atoms with Crippen LogP contribution in [0.2, 0.25) is 0 Å². The van der Waals surface area contributed by atoms with Gasteiger partial charge in [0.05, 0.1) is 0 Å². The number of benzene rings is 1. The summed E-state index contributed by atoms with van der Waals surface area (Å²) in [6, 6.07) is 9.09. The monoisotopic (exact) mass is 221 g/mol. The van der Waals surface area contributed by atoms with Crippen molar-refractivity contribution in [2.45, 2.75) is 12.8 Å². The maximum absolute atomic E-state index is 11.9. The van der Waals surface area contributed by atoms with E-state index in [1.807, 2.05) is 18.2 Å². The molecule has 1 rings (SSSR count). The number of aliphatic carboxylic acids is 1. The van der Waals surface area contributed by atoms with Crippen LogP contribution in [0.4, 0.5) is 0 Å². The Hall–Kier alpha value is -1.68. The first-order valence-corrected chi connectivity index (χ1v) is 5.09. The molecule has 0 bridgehead atoms. The van der Waals surface area contributed by atoms with Gasteiger partial charge in [-0.3, -0.25) is 9.59 Å². The van der Waals surface area contributed by atoms with Crippen molar-refractivity contribution >= 4 is 11.8 Å². The molecular formula is C12H15NO3. The highest BCUT2D eigenvalue weighted by atomic mass is 16.4. The first kappa shape index (κ1) is 12.4. The second kappa shape index (κ2) is 5.42. The number of ketones is 1. The van der Waals surface area contributed by atoms with Crippen molar-refractivity contribution in [3.63, 3.8) is 0 Å². The molecule has 0 amide bonds. The minimum Gasteiger partial charge on any atom is -0.481 e. The first-order chi connectivity index (χ1) is 7.57. The molecule has 0 aliphatic heterocycles. The Morgan fingerprint density at radius 1 is 1.31 bits per heavy atom. The average Bonchev–Trinajstić information content (AvgIpc) is 2.29. The lowest BCUT2D eigenvalue weighted by Gasteiger charge is -2.15. The standard InChI is InChI=1S/C12H15NO3/c1-8(9-5-3-2-4-6-9)11(14)10(7-13)12(15)16/h2-6,8,10H,7,13H2,1H3,(H,15,16). The molecule has 0 spiro atoms. The van der Waals surface area contributed by atoms with Crippen LogP contribution in [0.15, 0.2) is 30.3 Å². The fourth-order valence-electron chi connectivity index (χ4n) is 1.55. The van der Waals surface area contributed by atoms with Crippen molar-refractivity contribution in [1.29, 1.82) is 0 Å². The molecule has 0 radical (unpaired) electrons. The highest BCUT2D eigenvalue weighted by Gasteiger charge is 2.29. The zero-order valence-electron chi connectivity index (χ0n) is 9.09. The van der Waals surface area contributed by atoms with Gasteiger partial charge in [0.15, 0.2) is 5.78 Å². The molecule has 3 N–H and O–H groups in total. The molecule has 2 atom stereocenters. The van der Waals surface area contributed by atoms with Gasteiger partial charge in [-0.2, -0.15) is 0 Å². The van der Waals surface area contributed by atoms with Gasteiger partial charge >= 0.3 is 5.97 Å². The molecule has 4 nitrogen and oxygen atoms in total. The number of rotatable bonds is 5. The van der Waals surface area contributed by atoms with E-state index in [2.05, 4.69) is 0 Å². The Kier molecular flexibility index (Phi) is 4.19. The van der Waals surface area contributed by atoms with Crippen LogP contribution in [0.3, 0.4) is 0 Å². The molecule has 0 saturated heterocycles. The quantitative estimate of drug-likeness (QED) is 0.727. The zero-order chi connectivity index (χ0) is 12.1. The van der Waals surface area contributed by atoms with Crippen LogP contribution >= 0.6 is 0 Å². The van der Waals surface area contributed by atoms with E-state index in [0.29, 0.717) is 0 Å². The van der Waals surface area contributed by atoms with E-state index in [0.717, 1.165) is 5.56 Å². The molecule has 2 unspecified atom stereocenters. The molecule has 4 heteroatoms. The third-order valence-electron chi connectivity index (χ3n) is 2.60. The maximum Gasteiger partial charge on any atom is 0.315 e. The topological polar surface area (TPSA) is 80.4 Å². The number of carbonyl (C=O) groups excluding carboxylic acids is 1. The Labute approximate surface area is 94.1 Å². The van der Waals surface area contributed by atoms with Gasteiger partial charge in [0.25, 0.3) is 0 Å². The summed E-state index contributed by atoms with van der Waals surface area (Å²) in [4.78, 5) is 22.7. The Morgan fingerprint density at radius 2 is 1.88 bits per heavy atom. The van der Waals surface area contributed by atoms with Gasteiger partial charge in [-0.05, 0) is 5.56 Å². The number of carbonyl (C=O) groups is 2. The summed E-state index contributed by atoms with van der Waals surface area (Å²) in [7, 11) is 0. The summed E-state index contributed by atoms with van der Waals surface area (Å²) in [5, 5.41) is 8.84. The van der Waals surface area contributed by atoms with Crippen LogP contribution in [0.25, 0.3) is 0 Å². The number of carboxylic acids is 1. The van der Waals surface area contributed by atoms with E-state index in [4.69, 9.17) is 10.8 Å². The van der Waals surface area contributed by atoms with E-state index >= 15 is 0 Å². The van der Waals surface area contributed by atoms with E-state index in [9.17, 15) is 9.59 Å². The Bertz CT molecular complexity index is 375. The fourth-order valence-corrected chi connectivity index (χ4v) is 1.55. The number of nitrogens with two attached hydrogens (primary N) is 1. The molecule has 0 aromatic heterocycles. The molecule has 86 valence electrons. The molecule has 0 saturated carbocycles. The first-order valence-electron chi connectivity index (χ1n) is 5.09. The van der Waals surface area contributed by atoms with Crippen LogP contribution in [0.5, 0.6) is 0 Å². The van der Waals surface area contributed by atoms with E-state index in [1.54, 1.807) is 19.1 Å². The molecular weight excluding hydrogens is 206 g/mol. The normalized spacial score (nSPS) is 14.1. The summed E-state index contributed by atoms with van der Waals surface area (Å²) in [6.07, 6.45) is 0. The molecule has 1 aromatic carbocycles.